The summed E-state index contributed by atoms with van der Waals surface area (Å²) in [6.45, 7) is 1.41. The first-order valence-corrected chi connectivity index (χ1v) is 6.98. The van der Waals surface area contributed by atoms with Crippen molar-refractivity contribution in [1.82, 2.24) is 0 Å². The Kier molecular flexibility index (Phi) is 3.32. The van der Waals surface area contributed by atoms with Crippen LogP contribution >= 0.6 is 11.3 Å². The number of carbonyl (C=O) groups excluding carboxylic acids is 2. The number of ether oxygens (including phenoxy) is 2. The fourth-order valence-electron chi connectivity index (χ4n) is 1.87. The molecule has 2 aromatic rings. The maximum atomic E-state index is 12.9. The molecule has 0 saturated carbocycles. The van der Waals surface area contributed by atoms with Gasteiger partial charge in [-0.3, -0.25) is 9.59 Å². The SMILES string of the molecule is CC(=O)c1ccc(C(=O)Nc2ccc3c(c2)OC(F)(F)O3)s1. The minimum Gasteiger partial charge on any atom is -0.395 e. The molecule has 0 spiro atoms. The zero-order chi connectivity index (χ0) is 15.9. The highest BCUT2D eigenvalue weighted by molar-refractivity contribution is 7.16. The average molecular weight is 325 g/mol. The summed E-state index contributed by atoms with van der Waals surface area (Å²) in [6.07, 6.45) is -3.70. The predicted molar refractivity (Wildman–Crippen MR) is 74.9 cm³/mol. The van der Waals surface area contributed by atoms with Crippen molar-refractivity contribution in [2.45, 2.75) is 13.2 Å². The number of alkyl halides is 2. The van der Waals surface area contributed by atoms with Gasteiger partial charge in [0.05, 0.1) is 9.75 Å². The standard InChI is InChI=1S/C14H9F2NO4S/c1-7(18)11-4-5-12(22-11)13(19)17-8-2-3-9-10(6-8)21-14(15,16)20-9/h2-6H,1H3,(H,17,19). The van der Waals surface area contributed by atoms with E-state index in [4.69, 9.17) is 0 Å². The monoisotopic (exact) mass is 325 g/mol. The molecule has 22 heavy (non-hydrogen) atoms. The lowest BCUT2D eigenvalue weighted by molar-refractivity contribution is -0.286. The van der Waals surface area contributed by atoms with Gasteiger partial charge in [-0.05, 0) is 31.2 Å². The normalized spacial score (nSPS) is 14.7. The van der Waals surface area contributed by atoms with Gasteiger partial charge in [0.25, 0.3) is 5.91 Å². The number of nitrogens with one attached hydrogen (secondary N) is 1. The second-order valence-corrected chi connectivity index (χ2v) is 5.59. The van der Waals surface area contributed by atoms with Crippen LogP contribution in [-0.2, 0) is 0 Å². The lowest BCUT2D eigenvalue weighted by Crippen LogP contribution is -2.25. The molecule has 8 heteroatoms. The van der Waals surface area contributed by atoms with Crippen molar-refractivity contribution in [3.8, 4) is 11.5 Å². The number of Topliss-reactive ketones (excluding diaryl/α,β-unsaturated/α-hetero) is 1. The quantitative estimate of drug-likeness (QED) is 0.877. The van der Waals surface area contributed by atoms with Crippen LogP contribution in [0.5, 0.6) is 11.5 Å². The van der Waals surface area contributed by atoms with Crippen LogP contribution in [0.15, 0.2) is 30.3 Å². The van der Waals surface area contributed by atoms with Crippen molar-refractivity contribution in [3.05, 3.63) is 40.1 Å². The Morgan fingerprint density at radius 2 is 1.77 bits per heavy atom. The molecule has 0 radical (unpaired) electrons. The van der Waals surface area contributed by atoms with Crippen molar-refractivity contribution in [3.63, 3.8) is 0 Å². The average Bonchev–Trinajstić information content (AvgIpc) is 3.00. The number of carbonyl (C=O) groups is 2. The molecule has 1 N–H and O–H groups in total. The third kappa shape index (κ3) is 2.77. The molecular formula is C14H9F2NO4S. The van der Waals surface area contributed by atoms with E-state index < -0.39 is 12.2 Å². The minimum absolute atomic E-state index is 0.0991. The van der Waals surface area contributed by atoms with E-state index >= 15 is 0 Å². The highest BCUT2D eigenvalue weighted by atomic mass is 32.1. The van der Waals surface area contributed by atoms with Gasteiger partial charge < -0.3 is 14.8 Å². The molecule has 1 aromatic heterocycles. The van der Waals surface area contributed by atoms with Gasteiger partial charge in [0, 0.05) is 11.8 Å². The predicted octanol–water partition coefficient (Wildman–Crippen LogP) is 3.52. The van der Waals surface area contributed by atoms with Crippen molar-refractivity contribution < 1.29 is 27.8 Å². The largest absolute Gasteiger partial charge is 0.586 e. The summed E-state index contributed by atoms with van der Waals surface area (Å²) < 4.78 is 34.4. The van der Waals surface area contributed by atoms with Crippen LogP contribution in [0.1, 0.15) is 26.3 Å². The Hall–Kier alpha value is -2.48. The number of hydrogen-bond acceptors (Lipinski definition) is 5. The summed E-state index contributed by atoms with van der Waals surface area (Å²) >= 11 is 1.06. The van der Waals surface area contributed by atoms with Gasteiger partial charge >= 0.3 is 6.29 Å². The number of thiophene rings is 1. The van der Waals surface area contributed by atoms with Gasteiger partial charge in [-0.1, -0.05) is 0 Å². The van der Waals surface area contributed by atoms with E-state index in [1.54, 1.807) is 6.07 Å². The molecule has 1 aliphatic rings. The second-order valence-electron chi connectivity index (χ2n) is 4.50. The maximum Gasteiger partial charge on any atom is 0.586 e. The molecule has 1 aromatic carbocycles. The fourth-order valence-corrected chi connectivity index (χ4v) is 2.67. The number of ketones is 1. The Bertz CT molecular complexity index is 772. The minimum atomic E-state index is -3.70. The van der Waals surface area contributed by atoms with Crippen LogP contribution in [0.3, 0.4) is 0 Å². The number of fused-ring (bicyclic) bond motifs is 1. The molecule has 0 atom stereocenters. The van der Waals surface area contributed by atoms with E-state index in [-0.39, 0.29) is 23.0 Å². The first-order chi connectivity index (χ1) is 10.3. The molecule has 5 nitrogen and oxygen atoms in total. The number of anilines is 1. The topological polar surface area (TPSA) is 64.6 Å². The lowest BCUT2D eigenvalue weighted by atomic mass is 10.2. The Morgan fingerprint density at radius 3 is 2.45 bits per heavy atom. The summed E-state index contributed by atoms with van der Waals surface area (Å²) in [6, 6.07) is 7.02. The molecule has 0 unspecified atom stereocenters. The van der Waals surface area contributed by atoms with Crippen LogP contribution in [0, 0.1) is 0 Å². The van der Waals surface area contributed by atoms with Crippen molar-refractivity contribution in [2.24, 2.45) is 0 Å². The molecule has 3 rings (SSSR count). The van der Waals surface area contributed by atoms with Crippen molar-refractivity contribution in [2.75, 3.05) is 5.32 Å². The van der Waals surface area contributed by atoms with Gasteiger partial charge in [-0.2, -0.15) is 0 Å². The molecule has 0 bridgehead atoms. The molecule has 0 saturated heterocycles. The van der Waals surface area contributed by atoms with Crippen LogP contribution in [-0.4, -0.2) is 18.0 Å². The van der Waals surface area contributed by atoms with Crippen LogP contribution in [0.2, 0.25) is 0 Å². The number of rotatable bonds is 3. The Balaban J connectivity index is 1.76. The lowest BCUT2D eigenvalue weighted by Gasteiger charge is -2.05. The molecule has 114 valence electrons. The van der Waals surface area contributed by atoms with Gasteiger partial charge in [-0.25, -0.2) is 0 Å². The van der Waals surface area contributed by atoms with Gasteiger partial charge in [0.2, 0.25) is 0 Å². The van der Waals surface area contributed by atoms with E-state index in [1.165, 1.54) is 31.2 Å². The van der Waals surface area contributed by atoms with Gasteiger partial charge in [0.1, 0.15) is 0 Å². The van der Waals surface area contributed by atoms with Crippen molar-refractivity contribution >= 4 is 28.7 Å². The fraction of sp³-hybridized carbons (Fsp3) is 0.143. The number of halogens is 2. The Morgan fingerprint density at radius 1 is 1.09 bits per heavy atom. The van der Waals surface area contributed by atoms with Gasteiger partial charge in [0.15, 0.2) is 17.3 Å². The third-order valence-electron chi connectivity index (χ3n) is 2.84. The number of amides is 1. The molecule has 0 aliphatic carbocycles. The number of benzene rings is 1. The highest BCUT2D eigenvalue weighted by Gasteiger charge is 2.43. The van der Waals surface area contributed by atoms with E-state index in [9.17, 15) is 18.4 Å². The van der Waals surface area contributed by atoms with Crippen LogP contribution < -0.4 is 14.8 Å². The van der Waals surface area contributed by atoms with E-state index in [1.807, 2.05) is 0 Å². The summed E-state index contributed by atoms with van der Waals surface area (Å²) in [7, 11) is 0. The van der Waals surface area contributed by atoms with E-state index in [0.29, 0.717) is 9.75 Å². The van der Waals surface area contributed by atoms with Crippen LogP contribution in [0.25, 0.3) is 0 Å². The van der Waals surface area contributed by atoms with E-state index in [2.05, 4.69) is 14.8 Å². The Labute approximate surface area is 127 Å². The smallest absolute Gasteiger partial charge is 0.395 e. The molecule has 1 amide bonds. The van der Waals surface area contributed by atoms with Crippen LogP contribution in [0.4, 0.5) is 14.5 Å². The second kappa shape index (κ2) is 5.06. The van der Waals surface area contributed by atoms with E-state index in [0.717, 1.165) is 11.3 Å². The molecule has 2 heterocycles. The molecular weight excluding hydrogens is 316 g/mol. The zero-order valence-corrected chi connectivity index (χ0v) is 12.0. The maximum absolute atomic E-state index is 12.9. The number of hydrogen-bond donors (Lipinski definition) is 1. The first-order valence-electron chi connectivity index (χ1n) is 6.16. The zero-order valence-electron chi connectivity index (χ0n) is 11.2. The third-order valence-corrected chi connectivity index (χ3v) is 4.02. The van der Waals surface area contributed by atoms with Crippen molar-refractivity contribution in [1.29, 1.82) is 0 Å². The molecule has 1 aliphatic heterocycles. The summed E-state index contributed by atoms with van der Waals surface area (Å²) in [5, 5.41) is 2.55. The summed E-state index contributed by atoms with van der Waals surface area (Å²) in [5.41, 5.74) is 0.280. The summed E-state index contributed by atoms with van der Waals surface area (Å²) in [4.78, 5) is 24.1. The molecule has 0 fully saturated rings. The summed E-state index contributed by atoms with van der Waals surface area (Å²) in [5.74, 6) is -0.825. The highest BCUT2D eigenvalue weighted by Crippen LogP contribution is 2.42. The van der Waals surface area contributed by atoms with Gasteiger partial charge in [-0.15, -0.1) is 20.1 Å². The first kappa shape index (κ1) is 14.5.